The molecular formula is C18H19N5OS. The number of aromatic nitrogens is 5. The number of fused-ring (bicyclic) bond motifs is 1. The maximum atomic E-state index is 12.3. The molecule has 2 aliphatic carbocycles. The van der Waals surface area contributed by atoms with Gasteiger partial charge in [-0.2, -0.15) is 0 Å². The third-order valence-corrected chi connectivity index (χ3v) is 5.91. The van der Waals surface area contributed by atoms with E-state index in [0.717, 1.165) is 16.5 Å². The monoisotopic (exact) mass is 353 g/mol. The van der Waals surface area contributed by atoms with Crippen molar-refractivity contribution in [3.8, 4) is 0 Å². The van der Waals surface area contributed by atoms with Crippen LogP contribution in [0.2, 0.25) is 0 Å². The van der Waals surface area contributed by atoms with Crippen LogP contribution >= 0.6 is 11.8 Å². The zero-order valence-corrected chi connectivity index (χ0v) is 14.8. The highest BCUT2D eigenvalue weighted by Gasteiger charge is 2.36. The lowest BCUT2D eigenvalue weighted by Gasteiger charge is -2.13. The summed E-state index contributed by atoms with van der Waals surface area (Å²) in [4.78, 5) is 19.9. The summed E-state index contributed by atoms with van der Waals surface area (Å²) in [6.45, 7) is 2.06. The quantitative estimate of drug-likeness (QED) is 0.710. The highest BCUT2D eigenvalue weighted by molar-refractivity contribution is 7.99. The summed E-state index contributed by atoms with van der Waals surface area (Å²) in [6, 6.07) is 8.00. The van der Waals surface area contributed by atoms with Crippen LogP contribution in [0, 0.1) is 0 Å². The van der Waals surface area contributed by atoms with Gasteiger partial charge >= 0.3 is 0 Å². The van der Waals surface area contributed by atoms with E-state index in [4.69, 9.17) is 0 Å². The molecule has 0 bridgehead atoms. The summed E-state index contributed by atoms with van der Waals surface area (Å²) in [5.74, 6) is 2.43. The van der Waals surface area contributed by atoms with Crippen LogP contribution in [0.5, 0.6) is 0 Å². The Morgan fingerprint density at radius 2 is 2.00 bits per heavy atom. The number of thioether (sulfide) groups is 1. The van der Waals surface area contributed by atoms with Crippen molar-refractivity contribution in [2.75, 3.05) is 0 Å². The molecular weight excluding hydrogens is 334 g/mol. The normalized spacial score (nSPS) is 18.6. The van der Waals surface area contributed by atoms with Crippen molar-refractivity contribution in [3.63, 3.8) is 0 Å². The summed E-state index contributed by atoms with van der Waals surface area (Å²) < 4.78 is 2.33. The minimum atomic E-state index is -0.0876. The third-order valence-electron chi connectivity index (χ3n) is 4.84. The van der Waals surface area contributed by atoms with Crippen LogP contribution in [0.4, 0.5) is 0 Å². The molecule has 0 unspecified atom stereocenters. The molecule has 5 rings (SSSR count). The topological polar surface area (TPSA) is 76.5 Å². The average Bonchev–Trinajstić information content (AvgIpc) is 3.54. The lowest BCUT2D eigenvalue weighted by molar-refractivity contribution is 0.625. The van der Waals surface area contributed by atoms with Gasteiger partial charge in [-0.15, -0.1) is 10.2 Å². The number of hydrogen-bond acceptors (Lipinski definition) is 5. The molecule has 0 saturated heterocycles. The van der Waals surface area contributed by atoms with Crippen LogP contribution in [0.1, 0.15) is 61.5 Å². The molecule has 25 heavy (non-hydrogen) atoms. The highest BCUT2D eigenvalue weighted by atomic mass is 32.2. The molecule has 0 spiro atoms. The summed E-state index contributed by atoms with van der Waals surface area (Å²) in [5.41, 5.74) is 0.645. The third kappa shape index (κ3) is 2.76. The smallest absolute Gasteiger partial charge is 0.258 e. The van der Waals surface area contributed by atoms with E-state index in [0.29, 0.717) is 23.2 Å². The number of H-pyrrole nitrogens is 1. The Bertz CT molecular complexity index is 1000. The zero-order chi connectivity index (χ0) is 17.0. The molecule has 0 aliphatic heterocycles. The second-order valence-electron chi connectivity index (χ2n) is 6.94. The van der Waals surface area contributed by atoms with Gasteiger partial charge in [-0.05, 0) is 44.7 Å². The Morgan fingerprint density at radius 3 is 2.76 bits per heavy atom. The predicted molar refractivity (Wildman–Crippen MR) is 96.9 cm³/mol. The first kappa shape index (κ1) is 15.1. The minimum absolute atomic E-state index is 0.00561. The molecule has 0 radical (unpaired) electrons. The van der Waals surface area contributed by atoms with Gasteiger partial charge in [0.25, 0.3) is 5.56 Å². The molecule has 6 nitrogen and oxygen atoms in total. The largest absolute Gasteiger partial charge is 0.309 e. The van der Waals surface area contributed by atoms with Crippen molar-refractivity contribution in [1.82, 2.24) is 24.7 Å². The number of aromatic amines is 1. The molecule has 128 valence electrons. The number of para-hydroxylation sites is 1. The molecule has 2 heterocycles. The van der Waals surface area contributed by atoms with Gasteiger partial charge in [0.15, 0.2) is 5.16 Å². The van der Waals surface area contributed by atoms with Gasteiger partial charge in [-0.3, -0.25) is 4.79 Å². The van der Waals surface area contributed by atoms with Gasteiger partial charge in [-0.1, -0.05) is 23.9 Å². The van der Waals surface area contributed by atoms with Crippen molar-refractivity contribution in [2.24, 2.45) is 0 Å². The van der Waals surface area contributed by atoms with Gasteiger partial charge < -0.3 is 9.55 Å². The van der Waals surface area contributed by atoms with Crippen LogP contribution < -0.4 is 5.56 Å². The molecule has 1 atom stereocenters. The zero-order valence-electron chi connectivity index (χ0n) is 14.0. The summed E-state index contributed by atoms with van der Waals surface area (Å²) in [7, 11) is 0. The Labute approximate surface area is 149 Å². The molecule has 2 saturated carbocycles. The SMILES string of the molecule is C[C@@H](Sc1nnc(C2CC2)n1C1CC1)c1nc2ccccc2c(=O)[nH]1. The number of rotatable bonds is 5. The number of hydrogen-bond donors (Lipinski definition) is 1. The number of benzene rings is 1. The summed E-state index contributed by atoms with van der Waals surface area (Å²) in [6.07, 6.45) is 4.88. The van der Waals surface area contributed by atoms with Gasteiger partial charge in [0.1, 0.15) is 11.6 Å². The van der Waals surface area contributed by atoms with Gasteiger partial charge in [-0.25, -0.2) is 4.98 Å². The molecule has 2 fully saturated rings. The molecule has 0 amide bonds. The van der Waals surface area contributed by atoms with Crippen molar-refractivity contribution in [3.05, 3.63) is 46.3 Å². The Kier molecular flexibility index (Phi) is 3.45. The van der Waals surface area contributed by atoms with Crippen molar-refractivity contribution in [2.45, 2.75) is 55.0 Å². The van der Waals surface area contributed by atoms with Gasteiger partial charge in [0, 0.05) is 12.0 Å². The fourth-order valence-corrected chi connectivity index (χ4v) is 4.16. The molecule has 7 heteroatoms. The first-order valence-corrected chi connectivity index (χ1v) is 9.69. The van der Waals surface area contributed by atoms with E-state index >= 15 is 0 Å². The van der Waals surface area contributed by atoms with E-state index in [2.05, 4.69) is 31.7 Å². The Morgan fingerprint density at radius 1 is 1.20 bits per heavy atom. The second-order valence-corrected chi connectivity index (χ2v) is 8.25. The molecule has 2 aliphatic rings. The fraction of sp³-hybridized carbons (Fsp3) is 0.444. The van der Waals surface area contributed by atoms with Crippen LogP contribution in [-0.2, 0) is 0 Å². The Balaban J connectivity index is 1.48. The van der Waals surface area contributed by atoms with E-state index in [9.17, 15) is 4.79 Å². The summed E-state index contributed by atoms with van der Waals surface area (Å²) >= 11 is 1.63. The van der Waals surface area contributed by atoms with Crippen LogP contribution in [0.15, 0.2) is 34.2 Å². The van der Waals surface area contributed by atoms with Crippen molar-refractivity contribution < 1.29 is 0 Å². The summed E-state index contributed by atoms with van der Waals surface area (Å²) in [5, 5.41) is 10.5. The number of nitrogens with zero attached hydrogens (tertiary/aromatic N) is 4. The van der Waals surface area contributed by atoms with E-state index in [1.165, 1.54) is 25.7 Å². The van der Waals surface area contributed by atoms with Crippen LogP contribution in [0.3, 0.4) is 0 Å². The molecule has 1 aromatic carbocycles. The lowest BCUT2D eigenvalue weighted by atomic mass is 10.2. The molecule has 1 N–H and O–H groups in total. The van der Waals surface area contributed by atoms with Gasteiger partial charge in [0.05, 0.1) is 16.2 Å². The maximum Gasteiger partial charge on any atom is 0.258 e. The highest BCUT2D eigenvalue weighted by Crippen LogP contribution is 2.47. The molecule has 3 aromatic rings. The van der Waals surface area contributed by atoms with Crippen molar-refractivity contribution >= 4 is 22.7 Å². The minimum Gasteiger partial charge on any atom is -0.309 e. The number of nitrogens with one attached hydrogen (secondary N) is 1. The average molecular weight is 353 g/mol. The van der Waals surface area contributed by atoms with E-state index in [1.807, 2.05) is 18.2 Å². The fourth-order valence-electron chi connectivity index (χ4n) is 3.18. The van der Waals surface area contributed by atoms with E-state index in [-0.39, 0.29) is 10.8 Å². The second kappa shape index (κ2) is 5.69. The van der Waals surface area contributed by atoms with E-state index < -0.39 is 0 Å². The van der Waals surface area contributed by atoms with E-state index in [1.54, 1.807) is 17.8 Å². The first-order valence-electron chi connectivity index (χ1n) is 8.81. The molecule has 2 aromatic heterocycles. The first-order chi connectivity index (χ1) is 12.2. The van der Waals surface area contributed by atoms with Gasteiger partial charge in [0.2, 0.25) is 0 Å². The standard InChI is InChI=1S/C18H19N5OS/c1-10(15-19-14-5-3-2-4-13(14)17(24)20-15)25-18-22-21-16(11-6-7-11)23(18)12-8-9-12/h2-5,10-12H,6-9H2,1H3,(H,19,20,24)/t10-/m1/s1. The lowest BCUT2D eigenvalue weighted by Crippen LogP contribution is -2.13. The maximum absolute atomic E-state index is 12.3. The Hall–Kier alpha value is -2.15. The van der Waals surface area contributed by atoms with Crippen LogP contribution in [0.25, 0.3) is 10.9 Å². The van der Waals surface area contributed by atoms with Crippen LogP contribution in [-0.4, -0.2) is 24.7 Å². The van der Waals surface area contributed by atoms with Crippen molar-refractivity contribution in [1.29, 1.82) is 0 Å². The predicted octanol–water partition coefficient (Wildman–Crippen LogP) is 3.58.